The molecular formula is C9H11N3O3. The molecule has 0 amide bonds. The second-order valence-corrected chi connectivity index (χ2v) is 2.79. The molecule has 0 aliphatic heterocycles. The van der Waals surface area contributed by atoms with Crippen molar-refractivity contribution in [2.45, 2.75) is 0 Å². The Balaban J connectivity index is 3.10. The average molecular weight is 209 g/mol. The molecule has 0 saturated carbocycles. The standard InChI is InChI=1S/C9H11N3O3/c10-6-7-8(11-4-5-13)2-1-3-9(7)12(14)15/h1-3,6,10-11,13H,4-5H2. The quantitative estimate of drug-likeness (QED) is 0.382. The summed E-state index contributed by atoms with van der Waals surface area (Å²) in [6.07, 6.45) is 0.928. The second-order valence-electron chi connectivity index (χ2n) is 2.79. The molecular weight excluding hydrogens is 198 g/mol. The second kappa shape index (κ2) is 5.06. The fourth-order valence-electron chi connectivity index (χ4n) is 1.21. The first-order valence-corrected chi connectivity index (χ1v) is 4.33. The zero-order valence-corrected chi connectivity index (χ0v) is 7.93. The smallest absolute Gasteiger partial charge is 0.280 e. The summed E-state index contributed by atoms with van der Waals surface area (Å²) in [5, 5.41) is 29.2. The van der Waals surface area contributed by atoms with Gasteiger partial charge in [-0.15, -0.1) is 0 Å². The summed E-state index contributed by atoms with van der Waals surface area (Å²) < 4.78 is 0. The van der Waals surface area contributed by atoms with E-state index in [9.17, 15) is 10.1 Å². The molecule has 0 saturated heterocycles. The highest BCUT2D eigenvalue weighted by Gasteiger charge is 2.14. The number of nitrogens with one attached hydrogen (secondary N) is 2. The van der Waals surface area contributed by atoms with Crippen LogP contribution >= 0.6 is 0 Å². The molecule has 0 aliphatic carbocycles. The molecule has 80 valence electrons. The lowest BCUT2D eigenvalue weighted by molar-refractivity contribution is -0.384. The first kappa shape index (κ1) is 11.1. The van der Waals surface area contributed by atoms with Crippen molar-refractivity contribution in [2.24, 2.45) is 0 Å². The number of benzene rings is 1. The minimum atomic E-state index is -0.537. The maximum absolute atomic E-state index is 10.6. The Hall–Kier alpha value is -1.95. The molecule has 0 bridgehead atoms. The molecule has 0 atom stereocenters. The summed E-state index contributed by atoms with van der Waals surface area (Å²) in [5.41, 5.74) is 0.581. The maximum Gasteiger partial charge on any atom is 0.280 e. The third kappa shape index (κ3) is 2.50. The molecule has 6 heteroatoms. The van der Waals surface area contributed by atoms with Crippen LogP contribution in [0.2, 0.25) is 0 Å². The van der Waals surface area contributed by atoms with Crippen molar-refractivity contribution in [3.8, 4) is 0 Å². The summed E-state index contributed by atoms with van der Waals surface area (Å²) in [6, 6.07) is 4.50. The Morgan fingerprint density at radius 2 is 2.33 bits per heavy atom. The molecule has 0 heterocycles. The summed E-state index contributed by atoms with van der Waals surface area (Å²) in [6.45, 7) is 0.224. The third-order valence-corrected chi connectivity index (χ3v) is 1.85. The van der Waals surface area contributed by atoms with Crippen LogP contribution in [0.3, 0.4) is 0 Å². The molecule has 3 N–H and O–H groups in total. The number of nitrogens with zero attached hydrogens (tertiary/aromatic N) is 1. The van der Waals surface area contributed by atoms with E-state index in [0.29, 0.717) is 12.2 Å². The Labute approximate surface area is 86.2 Å². The summed E-state index contributed by atoms with van der Waals surface area (Å²) in [4.78, 5) is 10.1. The number of rotatable bonds is 5. The van der Waals surface area contributed by atoms with E-state index in [0.717, 1.165) is 6.21 Å². The minimum absolute atomic E-state index is 0.0693. The van der Waals surface area contributed by atoms with Crippen molar-refractivity contribution in [3.63, 3.8) is 0 Å². The highest BCUT2D eigenvalue weighted by Crippen LogP contribution is 2.23. The van der Waals surface area contributed by atoms with Crippen LogP contribution in [0.15, 0.2) is 18.2 Å². The molecule has 0 aromatic heterocycles. The molecule has 1 rings (SSSR count). The topological polar surface area (TPSA) is 99.2 Å². The number of aliphatic hydroxyl groups is 1. The molecule has 0 unspecified atom stereocenters. The zero-order chi connectivity index (χ0) is 11.3. The number of anilines is 1. The van der Waals surface area contributed by atoms with E-state index in [4.69, 9.17) is 10.5 Å². The predicted molar refractivity (Wildman–Crippen MR) is 56.6 cm³/mol. The highest BCUT2D eigenvalue weighted by molar-refractivity contribution is 5.91. The van der Waals surface area contributed by atoms with Gasteiger partial charge in [0, 0.05) is 24.5 Å². The predicted octanol–water partition coefficient (Wildman–Crippen LogP) is 0.997. The largest absolute Gasteiger partial charge is 0.395 e. The molecule has 15 heavy (non-hydrogen) atoms. The van der Waals surface area contributed by atoms with Crippen LogP contribution in [0, 0.1) is 15.5 Å². The van der Waals surface area contributed by atoms with Crippen molar-refractivity contribution in [3.05, 3.63) is 33.9 Å². The van der Waals surface area contributed by atoms with Crippen molar-refractivity contribution in [2.75, 3.05) is 18.5 Å². The molecule has 1 aromatic carbocycles. The number of nitro groups is 1. The van der Waals surface area contributed by atoms with Crippen LogP contribution in [0.1, 0.15) is 5.56 Å². The van der Waals surface area contributed by atoms with E-state index in [2.05, 4.69) is 5.32 Å². The normalized spacial score (nSPS) is 9.67. The van der Waals surface area contributed by atoms with Gasteiger partial charge in [0.05, 0.1) is 17.1 Å². The summed E-state index contributed by atoms with van der Waals surface area (Å²) >= 11 is 0. The van der Waals surface area contributed by atoms with Crippen LogP contribution in [0.4, 0.5) is 11.4 Å². The van der Waals surface area contributed by atoms with Gasteiger partial charge in [-0.25, -0.2) is 0 Å². The van der Waals surface area contributed by atoms with Crippen molar-refractivity contribution >= 4 is 17.6 Å². The molecule has 0 aliphatic rings. The molecule has 0 fully saturated rings. The van der Waals surface area contributed by atoms with Gasteiger partial charge in [-0.3, -0.25) is 10.1 Å². The van der Waals surface area contributed by atoms with Gasteiger partial charge in [-0.1, -0.05) is 6.07 Å². The van der Waals surface area contributed by atoms with Gasteiger partial charge < -0.3 is 15.8 Å². The number of hydrogen-bond acceptors (Lipinski definition) is 5. The van der Waals surface area contributed by atoms with E-state index in [1.165, 1.54) is 12.1 Å². The number of hydrogen-bond donors (Lipinski definition) is 3. The van der Waals surface area contributed by atoms with Gasteiger partial charge in [0.25, 0.3) is 5.69 Å². The SMILES string of the molecule is N=Cc1c(NCCO)cccc1[N+](=O)[O-]. The number of nitro benzene ring substituents is 1. The molecule has 6 nitrogen and oxygen atoms in total. The summed E-state index contributed by atoms with van der Waals surface area (Å²) in [5.74, 6) is 0. The Morgan fingerprint density at radius 3 is 2.87 bits per heavy atom. The van der Waals surface area contributed by atoms with Crippen LogP contribution in [-0.2, 0) is 0 Å². The summed E-state index contributed by atoms with van der Waals surface area (Å²) in [7, 11) is 0. The van der Waals surface area contributed by atoms with Gasteiger partial charge in [0.2, 0.25) is 0 Å². The minimum Gasteiger partial charge on any atom is -0.395 e. The van der Waals surface area contributed by atoms with Crippen LogP contribution in [0.5, 0.6) is 0 Å². The lowest BCUT2D eigenvalue weighted by atomic mass is 10.1. The monoisotopic (exact) mass is 209 g/mol. The lowest BCUT2D eigenvalue weighted by Crippen LogP contribution is -2.08. The van der Waals surface area contributed by atoms with Crippen LogP contribution in [0.25, 0.3) is 0 Å². The number of aliphatic hydroxyl groups excluding tert-OH is 1. The molecule has 1 aromatic rings. The van der Waals surface area contributed by atoms with Crippen LogP contribution < -0.4 is 5.32 Å². The van der Waals surface area contributed by atoms with Gasteiger partial charge in [-0.2, -0.15) is 0 Å². The third-order valence-electron chi connectivity index (χ3n) is 1.85. The fourth-order valence-corrected chi connectivity index (χ4v) is 1.21. The van der Waals surface area contributed by atoms with E-state index in [-0.39, 0.29) is 17.9 Å². The van der Waals surface area contributed by atoms with Crippen LogP contribution in [-0.4, -0.2) is 29.4 Å². The first-order valence-electron chi connectivity index (χ1n) is 4.33. The average Bonchev–Trinajstić information content (AvgIpc) is 2.25. The van der Waals surface area contributed by atoms with Crippen molar-refractivity contribution in [1.29, 1.82) is 5.41 Å². The van der Waals surface area contributed by atoms with Gasteiger partial charge >= 0.3 is 0 Å². The van der Waals surface area contributed by atoms with E-state index >= 15 is 0 Å². The maximum atomic E-state index is 10.6. The Bertz CT molecular complexity index is 379. The van der Waals surface area contributed by atoms with E-state index in [1.54, 1.807) is 6.07 Å². The first-order chi connectivity index (χ1) is 7.20. The highest BCUT2D eigenvalue weighted by atomic mass is 16.6. The Morgan fingerprint density at radius 1 is 1.60 bits per heavy atom. The molecule has 0 radical (unpaired) electrons. The zero-order valence-electron chi connectivity index (χ0n) is 7.93. The van der Waals surface area contributed by atoms with E-state index < -0.39 is 4.92 Å². The van der Waals surface area contributed by atoms with Gasteiger partial charge in [0.1, 0.15) is 0 Å². The fraction of sp³-hybridized carbons (Fsp3) is 0.222. The van der Waals surface area contributed by atoms with Crippen molar-refractivity contribution < 1.29 is 10.0 Å². The Kier molecular flexibility index (Phi) is 3.75. The van der Waals surface area contributed by atoms with Gasteiger partial charge in [0.15, 0.2) is 0 Å². The van der Waals surface area contributed by atoms with Gasteiger partial charge in [-0.05, 0) is 6.07 Å². The molecule has 0 spiro atoms. The van der Waals surface area contributed by atoms with E-state index in [1.807, 2.05) is 0 Å². The van der Waals surface area contributed by atoms with Crippen molar-refractivity contribution in [1.82, 2.24) is 0 Å². The lowest BCUT2D eigenvalue weighted by Gasteiger charge is -2.07.